The number of thiophene rings is 1. The lowest BCUT2D eigenvalue weighted by Crippen LogP contribution is -2.34. The monoisotopic (exact) mass is 367 g/mol. The molecule has 2 N–H and O–H groups in total. The Kier molecular flexibility index (Phi) is 5.76. The van der Waals surface area contributed by atoms with Gasteiger partial charge in [0.1, 0.15) is 5.82 Å². The Hall–Kier alpha value is -1.40. The minimum atomic E-state index is -0.108. The first-order valence-electron chi connectivity index (χ1n) is 6.82. The molecule has 4 nitrogen and oxygen atoms in total. The molecule has 0 aliphatic rings. The van der Waals surface area contributed by atoms with Gasteiger partial charge in [0.25, 0.3) is 5.91 Å². The lowest BCUT2D eigenvalue weighted by Gasteiger charge is -2.15. The van der Waals surface area contributed by atoms with Crippen LogP contribution >= 0.6 is 27.3 Å². The molecule has 0 aromatic carbocycles. The molecule has 112 valence electrons. The largest absolute Gasteiger partial charge is 0.370 e. The summed E-state index contributed by atoms with van der Waals surface area (Å²) in [4.78, 5) is 17.9. The van der Waals surface area contributed by atoms with E-state index >= 15 is 0 Å². The van der Waals surface area contributed by atoms with Crippen LogP contribution in [0.15, 0.2) is 34.2 Å². The quantitative estimate of drug-likeness (QED) is 0.818. The standard InChI is InChI=1S/C15H18BrN3OS/c1-3-17-14-13(8-11(16)9-18-14)15(20)19-10(2)7-12-5-4-6-21-12/h4-6,8-10H,3,7H2,1-2H3,(H,17,18)(H,19,20). The third-order valence-electron chi connectivity index (χ3n) is 2.91. The van der Waals surface area contributed by atoms with E-state index in [0.29, 0.717) is 11.4 Å². The minimum Gasteiger partial charge on any atom is -0.370 e. The van der Waals surface area contributed by atoms with Crippen LogP contribution in [0.4, 0.5) is 5.82 Å². The van der Waals surface area contributed by atoms with Gasteiger partial charge in [-0.25, -0.2) is 4.98 Å². The summed E-state index contributed by atoms with van der Waals surface area (Å²) in [5.41, 5.74) is 0.559. The SMILES string of the molecule is CCNc1ncc(Br)cc1C(=O)NC(C)Cc1cccs1. The molecule has 1 unspecified atom stereocenters. The van der Waals surface area contributed by atoms with Gasteiger partial charge < -0.3 is 10.6 Å². The molecule has 1 amide bonds. The molecule has 0 aliphatic carbocycles. The molecule has 0 bridgehead atoms. The number of pyridine rings is 1. The van der Waals surface area contributed by atoms with E-state index in [9.17, 15) is 4.79 Å². The maximum absolute atomic E-state index is 12.4. The number of aromatic nitrogens is 1. The van der Waals surface area contributed by atoms with E-state index in [1.807, 2.05) is 25.3 Å². The number of nitrogens with zero attached hydrogens (tertiary/aromatic N) is 1. The van der Waals surface area contributed by atoms with E-state index in [4.69, 9.17) is 0 Å². The Labute approximate surface area is 137 Å². The molecule has 21 heavy (non-hydrogen) atoms. The van der Waals surface area contributed by atoms with Gasteiger partial charge in [-0.3, -0.25) is 4.79 Å². The van der Waals surface area contributed by atoms with Crippen molar-refractivity contribution in [3.05, 3.63) is 44.7 Å². The third kappa shape index (κ3) is 4.54. The van der Waals surface area contributed by atoms with Crippen LogP contribution in [-0.4, -0.2) is 23.5 Å². The van der Waals surface area contributed by atoms with Gasteiger partial charge in [-0.15, -0.1) is 11.3 Å². The summed E-state index contributed by atoms with van der Waals surface area (Å²) in [6.45, 7) is 4.71. The average Bonchev–Trinajstić information content (AvgIpc) is 2.93. The predicted octanol–water partition coefficient (Wildman–Crippen LogP) is 3.70. The first-order chi connectivity index (χ1) is 10.1. The van der Waals surface area contributed by atoms with Gasteiger partial charge in [0.15, 0.2) is 0 Å². The molecule has 2 aromatic rings. The van der Waals surface area contributed by atoms with E-state index in [1.54, 1.807) is 23.6 Å². The number of amides is 1. The fourth-order valence-electron chi connectivity index (χ4n) is 2.00. The van der Waals surface area contributed by atoms with Crippen LogP contribution in [0, 0.1) is 0 Å². The molecule has 0 saturated carbocycles. The van der Waals surface area contributed by atoms with Crippen LogP contribution in [0.5, 0.6) is 0 Å². The second kappa shape index (κ2) is 7.56. The zero-order valence-electron chi connectivity index (χ0n) is 12.0. The molecule has 0 saturated heterocycles. The number of anilines is 1. The molecular formula is C15H18BrN3OS. The number of carbonyl (C=O) groups is 1. The van der Waals surface area contributed by atoms with Gasteiger partial charge in [-0.2, -0.15) is 0 Å². The molecule has 0 fully saturated rings. The van der Waals surface area contributed by atoms with Crippen LogP contribution in [0.25, 0.3) is 0 Å². The summed E-state index contributed by atoms with van der Waals surface area (Å²) in [6, 6.07) is 5.97. The van der Waals surface area contributed by atoms with Gasteiger partial charge in [0.2, 0.25) is 0 Å². The topological polar surface area (TPSA) is 54.0 Å². The number of hydrogen-bond donors (Lipinski definition) is 2. The van der Waals surface area contributed by atoms with Crippen molar-refractivity contribution in [1.29, 1.82) is 0 Å². The Morgan fingerprint density at radius 3 is 3.00 bits per heavy atom. The third-order valence-corrected chi connectivity index (χ3v) is 4.24. The normalized spacial score (nSPS) is 12.0. The number of nitrogens with one attached hydrogen (secondary N) is 2. The van der Waals surface area contributed by atoms with Gasteiger partial charge in [-0.05, 0) is 47.3 Å². The number of hydrogen-bond acceptors (Lipinski definition) is 4. The van der Waals surface area contributed by atoms with E-state index in [-0.39, 0.29) is 11.9 Å². The maximum Gasteiger partial charge on any atom is 0.255 e. The number of carbonyl (C=O) groups excluding carboxylic acids is 1. The van der Waals surface area contributed by atoms with E-state index in [1.165, 1.54) is 4.88 Å². The fourth-order valence-corrected chi connectivity index (χ4v) is 3.17. The molecule has 2 heterocycles. The first kappa shape index (κ1) is 16.0. The van der Waals surface area contributed by atoms with Crippen molar-refractivity contribution in [2.24, 2.45) is 0 Å². The molecule has 0 spiro atoms. The Morgan fingerprint density at radius 2 is 2.33 bits per heavy atom. The highest BCUT2D eigenvalue weighted by Gasteiger charge is 2.15. The van der Waals surface area contributed by atoms with Gasteiger partial charge in [-0.1, -0.05) is 6.07 Å². The fraction of sp³-hybridized carbons (Fsp3) is 0.333. The van der Waals surface area contributed by atoms with E-state index in [2.05, 4.69) is 37.6 Å². The Morgan fingerprint density at radius 1 is 1.52 bits per heavy atom. The molecule has 2 aromatic heterocycles. The highest BCUT2D eigenvalue weighted by molar-refractivity contribution is 9.10. The van der Waals surface area contributed by atoms with Gasteiger partial charge >= 0.3 is 0 Å². The summed E-state index contributed by atoms with van der Waals surface area (Å²) in [6.07, 6.45) is 2.52. The van der Waals surface area contributed by atoms with Crippen molar-refractivity contribution >= 4 is 39.0 Å². The zero-order valence-corrected chi connectivity index (χ0v) is 14.4. The van der Waals surface area contributed by atoms with Crippen LogP contribution in [-0.2, 0) is 6.42 Å². The molecule has 1 atom stereocenters. The Balaban J connectivity index is 2.07. The van der Waals surface area contributed by atoms with Crippen molar-refractivity contribution < 1.29 is 4.79 Å². The second-order valence-electron chi connectivity index (χ2n) is 4.74. The summed E-state index contributed by atoms with van der Waals surface area (Å²) < 4.78 is 0.792. The lowest BCUT2D eigenvalue weighted by molar-refractivity contribution is 0.0940. The van der Waals surface area contributed by atoms with Crippen LogP contribution in [0.2, 0.25) is 0 Å². The summed E-state index contributed by atoms with van der Waals surface area (Å²) in [5.74, 6) is 0.505. The highest BCUT2D eigenvalue weighted by Crippen LogP contribution is 2.18. The summed E-state index contributed by atoms with van der Waals surface area (Å²) in [5, 5.41) is 8.19. The van der Waals surface area contributed by atoms with Crippen molar-refractivity contribution in [1.82, 2.24) is 10.3 Å². The van der Waals surface area contributed by atoms with E-state index in [0.717, 1.165) is 17.4 Å². The lowest BCUT2D eigenvalue weighted by atomic mass is 10.1. The Bertz CT molecular complexity index is 601. The van der Waals surface area contributed by atoms with Crippen LogP contribution < -0.4 is 10.6 Å². The van der Waals surface area contributed by atoms with Crippen LogP contribution in [0.3, 0.4) is 0 Å². The average molecular weight is 368 g/mol. The first-order valence-corrected chi connectivity index (χ1v) is 8.50. The number of halogens is 1. The summed E-state index contributed by atoms with van der Waals surface area (Å²) >= 11 is 5.07. The van der Waals surface area contributed by atoms with Crippen molar-refractivity contribution in [3.8, 4) is 0 Å². The van der Waals surface area contributed by atoms with Gasteiger partial charge in [0, 0.05) is 34.6 Å². The minimum absolute atomic E-state index is 0.0737. The summed E-state index contributed by atoms with van der Waals surface area (Å²) in [7, 11) is 0. The molecular weight excluding hydrogens is 350 g/mol. The maximum atomic E-state index is 12.4. The van der Waals surface area contributed by atoms with Crippen molar-refractivity contribution in [2.45, 2.75) is 26.3 Å². The second-order valence-corrected chi connectivity index (χ2v) is 6.69. The smallest absolute Gasteiger partial charge is 0.255 e. The predicted molar refractivity (Wildman–Crippen MR) is 91.1 cm³/mol. The molecule has 6 heteroatoms. The van der Waals surface area contributed by atoms with Gasteiger partial charge in [0.05, 0.1) is 5.56 Å². The zero-order chi connectivity index (χ0) is 15.2. The number of rotatable bonds is 6. The van der Waals surface area contributed by atoms with Crippen molar-refractivity contribution in [3.63, 3.8) is 0 Å². The molecule has 0 radical (unpaired) electrons. The van der Waals surface area contributed by atoms with Crippen LogP contribution in [0.1, 0.15) is 29.1 Å². The van der Waals surface area contributed by atoms with Crippen molar-refractivity contribution in [2.75, 3.05) is 11.9 Å². The highest BCUT2D eigenvalue weighted by atomic mass is 79.9. The molecule has 2 rings (SSSR count). The van der Waals surface area contributed by atoms with E-state index < -0.39 is 0 Å². The molecule has 0 aliphatic heterocycles.